The first-order valence-corrected chi connectivity index (χ1v) is 8.64. The molecule has 0 amide bonds. The zero-order chi connectivity index (χ0) is 14.9. The molecule has 2 rings (SSSR count). The molecule has 20 heavy (non-hydrogen) atoms. The van der Waals surface area contributed by atoms with Crippen LogP contribution < -0.4 is 5.73 Å². The molecule has 1 aliphatic rings. The molecule has 0 radical (unpaired) electrons. The first-order chi connectivity index (χ1) is 9.36. The summed E-state index contributed by atoms with van der Waals surface area (Å²) in [6.07, 6.45) is 2.04. The Hall–Kier alpha value is -0.700. The molecule has 2 heterocycles. The van der Waals surface area contributed by atoms with Crippen molar-refractivity contribution in [3.05, 3.63) is 16.7 Å². The highest BCUT2D eigenvalue weighted by Gasteiger charge is 2.36. The van der Waals surface area contributed by atoms with Gasteiger partial charge in [0.1, 0.15) is 10.7 Å². The Morgan fingerprint density at radius 1 is 1.60 bits per heavy atom. The lowest BCUT2D eigenvalue weighted by Gasteiger charge is -2.37. The summed E-state index contributed by atoms with van der Waals surface area (Å²) >= 11 is 3.23. The van der Waals surface area contributed by atoms with Crippen LogP contribution in [-0.4, -0.2) is 43.0 Å². The molecular weight excluding hydrogens is 346 g/mol. The van der Waals surface area contributed by atoms with Gasteiger partial charge in [-0.2, -0.15) is 4.31 Å². The normalized spacial score (nSPS) is 24.8. The Morgan fingerprint density at radius 2 is 2.30 bits per heavy atom. The van der Waals surface area contributed by atoms with E-state index in [1.54, 1.807) is 0 Å². The van der Waals surface area contributed by atoms with Crippen LogP contribution in [-0.2, 0) is 14.8 Å². The second-order valence-corrected chi connectivity index (χ2v) is 7.59. The summed E-state index contributed by atoms with van der Waals surface area (Å²) in [5, 5.41) is 0. The number of sulfonamides is 1. The Morgan fingerprint density at radius 3 is 2.95 bits per heavy atom. The van der Waals surface area contributed by atoms with Crippen molar-refractivity contribution in [3.8, 4) is 0 Å². The van der Waals surface area contributed by atoms with Crippen LogP contribution >= 0.6 is 15.9 Å². The quantitative estimate of drug-likeness (QED) is 0.881. The summed E-state index contributed by atoms with van der Waals surface area (Å²) in [6.45, 7) is 4.52. The third kappa shape index (κ3) is 2.98. The molecule has 6 nitrogen and oxygen atoms in total. The van der Waals surface area contributed by atoms with Gasteiger partial charge in [-0.3, -0.25) is 0 Å². The molecule has 0 bridgehead atoms. The molecule has 1 fully saturated rings. The Bertz CT molecular complexity index is 594. The number of nitrogens with two attached hydrogens (primary N) is 1. The van der Waals surface area contributed by atoms with E-state index in [1.165, 1.54) is 16.6 Å². The van der Waals surface area contributed by atoms with E-state index in [0.717, 1.165) is 0 Å². The second-order valence-electron chi connectivity index (χ2n) is 4.82. The van der Waals surface area contributed by atoms with E-state index in [9.17, 15) is 8.42 Å². The summed E-state index contributed by atoms with van der Waals surface area (Å²) in [6, 6.07) is 1.32. The smallest absolute Gasteiger partial charge is 0.247 e. The summed E-state index contributed by atoms with van der Waals surface area (Å²) in [5.41, 5.74) is 5.73. The predicted octanol–water partition coefficient (Wildman–Crippen LogP) is 1.61. The Labute approximate surface area is 127 Å². The fourth-order valence-electron chi connectivity index (χ4n) is 2.19. The fourth-order valence-corrected chi connectivity index (χ4v) is 4.53. The molecule has 1 aliphatic heterocycles. The van der Waals surface area contributed by atoms with Crippen LogP contribution in [0, 0.1) is 0 Å². The molecule has 0 spiro atoms. The average Bonchev–Trinajstić information content (AvgIpc) is 2.41. The van der Waals surface area contributed by atoms with E-state index < -0.39 is 10.0 Å². The van der Waals surface area contributed by atoms with Gasteiger partial charge in [-0.1, -0.05) is 6.92 Å². The molecule has 0 aromatic carbocycles. The summed E-state index contributed by atoms with van der Waals surface area (Å²) in [4.78, 5) is 3.94. The van der Waals surface area contributed by atoms with Crippen molar-refractivity contribution in [2.24, 2.45) is 0 Å². The Balaban J connectivity index is 2.44. The molecule has 8 heteroatoms. The predicted molar refractivity (Wildman–Crippen MR) is 79.7 cm³/mol. The zero-order valence-corrected chi connectivity index (χ0v) is 13.8. The van der Waals surface area contributed by atoms with Gasteiger partial charge in [0.25, 0.3) is 0 Å². The lowest BCUT2D eigenvalue weighted by molar-refractivity contribution is -0.0230. The van der Waals surface area contributed by atoms with Gasteiger partial charge in [-0.25, -0.2) is 13.4 Å². The molecule has 2 unspecified atom stereocenters. The molecule has 0 saturated carbocycles. The second kappa shape index (κ2) is 5.97. The maximum Gasteiger partial charge on any atom is 0.247 e. The summed E-state index contributed by atoms with van der Waals surface area (Å²) in [7, 11) is -3.67. The first-order valence-electron chi connectivity index (χ1n) is 6.40. The van der Waals surface area contributed by atoms with Crippen LogP contribution in [0.4, 0.5) is 5.82 Å². The molecule has 2 atom stereocenters. The lowest BCUT2D eigenvalue weighted by atomic mass is 10.2. The number of aromatic nitrogens is 1. The van der Waals surface area contributed by atoms with E-state index in [2.05, 4.69) is 20.9 Å². The van der Waals surface area contributed by atoms with Gasteiger partial charge < -0.3 is 10.5 Å². The van der Waals surface area contributed by atoms with Gasteiger partial charge in [0, 0.05) is 23.3 Å². The van der Waals surface area contributed by atoms with E-state index in [0.29, 0.717) is 24.0 Å². The highest BCUT2D eigenvalue weighted by Crippen LogP contribution is 2.28. The topological polar surface area (TPSA) is 85.5 Å². The highest BCUT2D eigenvalue weighted by atomic mass is 79.9. The van der Waals surface area contributed by atoms with E-state index in [-0.39, 0.29) is 22.9 Å². The number of pyridine rings is 1. The maximum absolute atomic E-state index is 12.8. The molecular formula is C12H18BrN3O3S. The molecule has 1 aromatic rings. The minimum Gasteiger partial charge on any atom is -0.383 e. The minimum absolute atomic E-state index is 0.0159. The number of hydrogen-bond donors (Lipinski definition) is 1. The lowest BCUT2D eigenvalue weighted by Crippen LogP contribution is -2.51. The van der Waals surface area contributed by atoms with Crippen LogP contribution in [0.2, 0.25) is 0 Å². The summed E-state index contributed by atoms with van der Waals surface area (Å²) in [5.74, 6) is 0.0159. The van der Waals surface area contributed by atoms with E-state index in [4.69, 9.17) is 10.5 Å². The van der Waals surface area contributed by atoms with Crippen LogP contribution in [0.15, 0.2) is 21.6 Å². The largest absolute Gasteiger partial charge is 0.383 e. The fraction of sp³-hybridized carbons (Fsp3) is 0.583. The van der Waals surface area contributed by atoms with Gasteiger partial charge in [-0.15, -0.1) is 0 Å². The monoisotopic (exact) mass is 363 g/mol. The van der Waals surface area contributed by atoms with Crippen LogP contribution in [0.25, 0.3) is 0 Å². The molecule has 1 aromatic heterocycles. The summed E-state index contributed by atoms with van der Waals surface area (Å²) < 4.78 is 33.2. The third-order valence-corrected chi connectivity index (χ3v) is 5.70. The van der Waals surface area contributed by atoms with Gasteiger partial charge in [0.2, 0.25) is 10.0 Å². The zero-order valence-electron chi connectivity index (χ0n) is 11.4. The van der Waals surface area contributed by atoms with Gasteiger partial charge in [-0.05, 0) is 35.3 Å². The SMILES string of the molecule is CCC1COC(C)CN1S(=O)(=O)c1cc(Br)cnc1N. The van der Waals surface area contributed by atoms with Crippen LogP contribution in [0.1, 0.15) is 20.3 Å². The van der Waals surface area contributed by atoms with Crippen LogP contribution in [0.5, 0.6) is 0 Å². The maximum atomic E-state index is 12.8. The van der Waals surface area contributed by atoms with Crippen molar-refractivity contribution in [3.63, 3.8) is 0 Å². The van der Waals surface area contributed by atoms with Gasteiger partial charge in [0.05, 0.1) is 12.7 Å². The van der Waals surface area contributed by atoms with Crippen LogP contribution in [0.3, 0.4) is 0 Å². The first kappa shape index (κ1) is 15.7. The molecule has 112 valence electrons. The molecule has 2 N–H and O–H groups in total. The number of morpholine rings is 1. The van der Waals surface area contributed by atoms with Crippen molar-refractivity contribution < 1.29 is 13.2 Å². The van der Waals surface area contributed by atoms with Crippen molar-refractivity contribution in [1.82, 2.24) is 9.29 Å². The van der Waals surface area contributed by atoms with Gasteiger partial charge in [0.15, 0.2) is 0 Å². The Kier molecular flexibility index (Phi) is 4.68. The number of ether oxygens (including phenoxy) is 1. The standard InChI is InChI=1S/C12H18BrN3O3S/c1-3-10-7-19-8(2)6-16(10)20(17,18)11-4-9(13)5-15-12(11)14/h4-5,8,10H,3,6-7H2,1-2H3,(H2,14,15). The van der Waals surface area contributed by atoms with Crippen molar-refractivity contribution in [2.75, 3.05) is 18.9 Å². The third-order valence-electron chi connectivity index (χ3n) is 3.32. The van der Waals surface area contributed by atoms with Crippen molar-refractivity contribution in [1.29, 1.82) is 0 Å². The number of nitrogen functional groups attached to an aromatic ring is 1. The average molecular weight is 364 g/mol. The van der Waals surface area contributed by atoms with Crippen molar-refractivity contribution in [2.45, 2.75) is 37.3 Å². The molecule has 0 aliphatic carbocycles. The van der Waals surface area contributed by atoms with Crippen molar-refractivity contribution >= 4 is 31.8 Å². The number of anilines is 1. The van der Waals surface area contributed by atoms with Gasteiger partial charge >= 0.3 is 0 Å². The number of hydrogen-bond acceptors (Lipinski definition) is 5. The minimum atomic E-state index is -3.67. The highest BCUT2D eigenvalue weighted by molar-refractivity contribution is 9.10. The molecule has 1 saturated heterocycles. The van der Waals surface area contributed by atoms with E-state index in [1.807, 2.05) is 13.8 Å². The number of rotatable bonds is 3. The van der Waals surface area contributed by atoms with E-state index >= 15 is 0 Å². The number of nitrogens with zero attached hydrogens (tertiary/aromatic N) is 2. The number of halogens is 1.